The second-order valence-corrected chi connectivity index (χ2v) is 6.35. The molecule has 0 aromatic heterocycles. The van der Waals surface area contributed by atoms with E-state index in [1.807, 2.05) is 6.92 Å². The lowest BCUT2D eigenvalue weighted by molar-refractivity contribution is 0.152. The number of hydrogen-bond donors (Lipinski definition) is 1. The highest BCUT2D eigenvalue weighted by Gasteiger charge is 2.37. The minimum atomic E-state index is -3.88. The summed E-state index contributed by atoms with van der Waals surface area (Å²) in [6, 6.07) is 0.304. The van der Waals surface area contributed by atoms with Crippen LogP contribution in [0.4, 0.5) is 0 Å². The lowest BCUT2D eigenvalue weighted by Gasteiger charge is -2.38. The molecule has 1 N–H and O–H groups in total. The topological polar surface area (TPSA) is 57.6 Å². The first-order valence-electron chi connectivity index (χ1n) is 6.10. The summed E-state index contributed by atoms with van der Waals surface area (Å²) >= 11 is 0. The predicted octanol–water partition coefficient (Wildman–Crippen LogP) is 1.77. The third-order valence-electron chi connectivity index (χ3n) is 3.81. The molecule has 3 atom stereocenters. The maximum Gasteiger partial charge on any atom is 0.268 e. The maximum atomic E-state index is 11.3. The Bertz CT molecular complexity index is 311. The van der Waals surface area contributed by atoms with Gasteiger partial charge in [0.2, 0.25) is 0 Å². The average molecular weight is 249 g/mol. The van der Waals surface area contributed by atoms with Gasteiger partial charge in [-0.3, -0.25) is 4.55 Å². The van der Waals surface area contributed by atoms with E-state index < -0.39 is 15.4 Å². The van der Waals surface area contributed by atoms with Crippen molar-refractivity contribution in [3.63, 3.8) is 0 Å². The van der Waals surface area contributed by atoms with Gasteiger partial charge in [0, 0.05) is 6.04 Å². The molecule has 1 saturated carbocycles. The summed E-state index contributed by atoms with van der Waals surface area (Å²) in [5.41, 5.74) is 0. The molecule has 1 aliphatic rings. The molecule has 4 nitrogen and oxygen atoms in total. The Labute approximate surface area is 98.8 Å². The Morgan fingerprint density at radius 1 is 1.25 bits per heavy atom. The van der Waals surface area contributed by atoms with Crippen LogP contribution in [-0.4, -0.2) is 42.3 Å². The van der Waals surface area contributed by atoms with E-state index in [4.69, 9.17) is 0 Å². The molecular formula is C11H23NO3S. The first kappa shape index (κ1) is 13.9. The van der Waals surface area contributed by atoms with Crippen molar-refractivity contribution >= 4 is 10.1 Å². The zero-order valence-corrected chi connectivity index (χ0v) is 11.2. The van der Waals surface area contributed by atoms with Crippen LogP contribution in [0.3, 0.4) is 0 Å². The van der Waals surface area contributed by atoms with Crippen molar-refractivity contribution in [2.45, 2.75) is 51.3 Å². The van der Waals surface area contributed by atoms with Crippen LogP contribution in [0.1, 0.15) is 40.0 Å². The monoisotopic (exact) mass is 249 g/mol. The first-order valence-corrected chi connectivity index (χ1v) is 7.60. The molecule has 1 fully saturated rings. The van der Waals surface area contributed by atoms with Crippen molar-refractivity contribution in [2.24, 2.45) is 5.92 Å². The van der Waals surface area contributed by atoms with Crippen LogP contribution in [0.15, 0.2) is 0 Å². The average Bonchev–Trinajstić information content (AvgIpc) is 2.20. The Morgan fingerprint density at radius 2 is 1.81 bits per heavy atom. The van der Waals surface area contributed by atoms with Crippen LogP contribution in [0.25, 0.3) is 0 Å². The van der Waals surface area contributed by atoms with Crippen molar-refractivity contribution in [3.8, 4) is 0 Å². The van der Waals surface area contributed by atoms with Crippen LogP contribution in [0.2, 0.25) is 0 Å². The van der Waals surface area contributed by atoms with E-state index in [1.165, 1.54) is 0 Å². The van der Waals surface area contributed by atoms with Crippen molar-refractivity contribution in [1.82, 2.24) is 4.90 Å². The highest BCUT2D eigenvalue weighted by Crippen LogP contribution is 2.31. The first-order chi connectivity index (χ1) is 7.40. The fourth-order valence-electron chi connectivity index (χ4n) is 2.75. The van der Waals surface area contributed by atoms with Gasteiger partial charge in [-0.05, 0) is 38.3 Å². The molecule has 0 aromatic carbocycles. The number of nitrogens with zero attached hydrogens (tertiary/aromatic N) is 1. The van der Waals surface area contributed by atoms with E-state index in [9.17, 15) is 13.0 Å². The van der Waals surface area contributed by atoms with Crippen LogP contribution in [0.5, 0.6) is 0 Å². The van der Waals surface area contributed by atoms with Gasteiger partial charge in [-0.25, -0.2) is 0 Å². The second-order valence-electron chi connectivity index (χ2n) is 4.72. The van der Waals surface area contributed by atoms with Crippen molar-refractivity contribution in [1.29, 1.82) is 0 Å². The highest BCUT2D eigenvalue weighted by molar-refractivity contribution is 7.86. The molecule has 0 amide bonds. The van der Waals surface area contributed by atoms with Gasteiger partial charge in [0.25, 0.3) is 10.1 Å². The Balaban J connectivity index is 2.75. The predicted molar refractivity (Wildman–Crippen MR) is 65.1 cm³/mol. The zero-order chi connectivity index (χ0) is 12.3. The van der Waals surface area contributed by atoms with E-state index in [0.717, 1.165) is 25.9 Å². The summed E-state index contributed by atoms with van der Waals surface area (Å²) in [7, 11) is -3.88. The molecule has 5 heteroatoms. The molecular weight excluding hydrogens is 226 g/mol. The lowest BCUT2D eigenvalue weighted by Crippen LogP contribution is -2.44. The molecule has 1 aliphatic carbocycles. The largest absolute Gasteiger partial charge is 0.301 e. The van der Waals surface area contributed by atoms with Crippen LogP contribution >= 0.6 is 0 Å². The Hall–Kier alpha value is -0.130. The molecule has 96 valence electrons. The van der Waals surface area contributed by atoms with Crippen molar-refractivity contribution in [3.05, 3.63) is 0 Å². The van der Waals surface area contributed by atoms with Gasteiger partial charge >= 0.3 is 0 Å². The quantitative estimate of drug-likeness (QED) is 0.772. The molecule has 0 radical (unpaired) electrons. The molecule has 0 heterocycles. The van der Waals surface area contributed by atoms with Crippen LogP contribution < -0.4 is 0 Å². The van der Waals surface area contributed by atoms with Crippen LogP contribution in [0, 0.1) is 5.92 Å². The zero-order valence-electron chi connectivity index (χ0n) is 10.4. The molecule has 16 heavy (non-hydrogen) atoms. The molecule has 0 aromatic rings. The molecule has 0 saturated heterocycles. The van der Waals surface area contributed by atoms with Gasteiger partial charge in [-0.15, -0.1) is 0 Å². The molecule has 0 aliphatic heterocycles. The summed E-state index contributed by atoms with van der Waals surface area (Å²) in [5, 5.41) is -0.577. The summed E-state index contributed by atoms with van der Waals surface area (Å²) < 4.78 is 31.8. The SMILES string of the molecule is CCN(CC)C1CCC(C)C(S(=O)(=O)O)C1. The van der Waals surface area contributed by atoms with Gasteiger partial charge in [0.15, 0.2) is 0 Å². The van der Waals surface area contributed by atoms with Gasteiger partial charge < -0.3 is 4.90 Å². The normalized spacial score (nSPS) is 31.9. The van der Waals surface area contributed by atoms with Crippen molar-refractivity contribution in [2.75, 3.05) is 13.1 Å². The lowest BCUT2D eigenvalue weighted by atomic mass is 9.86. The third kappa shape index (κ3) is 3.18. The fraction of sp³-hybridized carbons (Fsp3) is 1.00. The third-order valence-corrected chi connectivity index (χ3v) is 5.23. The Kier molecular flexibility index (Phi) is 4.76. The highest BCUT2D eigenvalue weighted by atomic mass is 32.2. The molecule has 3 unspecified atom stereocenters. The maximum absolute atomic E-state index is 11.3. The summed E-state index contributed by atoms with van der Waals surface area (Å²) in [6.07, 6.45) is 2.49. The van der Waals surface area contributed by atoms with Gasteiger partial charge in [0.05, 0.1) is 5.25 Å². The van der Waals surface area contributed by atoms with Gasteiger partial charge in [-0.1, -0.05) is 20.8 Å². The van der Waals surface area contributed by atoms with E-state index in [2.05, 4.69) is 18.7 Å². The van der Waals surface area contributed by atoms with E-state index >= 15 is 0 Å². The molecule has 0 bridgehead atoms. The van der Waals surface area contributed by atoms with Crippen molar-refractivity contribution < 1.29 is 13.0 Å². The van der Waals surface area contributed by atoms with Gasteiger partial charge in [-0.2, -0.15) is 8.42 Å². The second kappa shape index (κ2) is 5.47. The number of rotatable bonds is 4. The summed E-state index contributed by atoms with van der Waals surface area (Å²) in [6.45, 7) is 7.96. The summed E-state index contributed by atoms with van der Waals surface area (Å²) in [4.78, 5) is 2.28. The fourth-order valence-corrected chi connectivity index (χ4v) is 3.93. The van der Waals surface area contributed by atoms with E-state index in [-0.39, 0.29) is 5.92 Å². The minimum absolute atomic E-state index is 0.0711. The Morgan fingerprint density at radius 3 is 2.25 bits per heavy atom. The van der Waals surface area contributed by atoms with E-state index in [0.29, 0.717) is 12.5 Å². The van der Waals surface area contributed by atoms with Crippen LogP contribution in [-0.2, 0) is 10.1 Å². The standard InChI is InChI=1S/C11H23NO3S/c1-4-12(5-2)10-7-6-9(3)11(8-10)16(13,14)15/h9-11H,4-8H2,1-3H3,(H,13,14,15). The molecule has 0 spiro atoms. The summed E-state index contributed by atoms with van der Waals surface area (Å²) in [5.74, 6) is 0.0711. The number of hydrogen-bond acceptors (Lipinski definition) is 3. The van der Waals surface area contributed by atoms with Gasteiger partial charge in [0.1, 0.15) is 0 Å². The molecule has 1 rings (SSSR count). The smallest absolute Gasteiger partial charge is 0.268 e. The van der Waals surface area contributed by atoms with E-state index in [1.54, 1.807) is 0 Å². The minimum Gasteiger partial charge on any atom is -0.301 e.